The van der Waals surface area contributed by atoms with E-state index in [-0.39, 0.29) is 17.8 Å². The van der Waals surface area contributed by atoms with E-state index in [0.29, 0.717) is 43.4 Å². The molecule has 1 aromatic heterocycles. The number of ether oxygens (including phenoxy) is 1. The van der Waals surface area contributed by atoms with Gasteiger partial charge in [-0.25, -0.2) is 4.98 Å². The number of hydrogen-bond donors (Lipinski definition) is 3. The first-order valence-electron chi connectivity index (χ1n) is 11.8. The molecule has 0 spiro atoms. The molecule has 180 valence electrons. The molecule has 2 aliphatic heterocycles. The molecule has 2 aromatic rings. The predicted octanol–water partition coefficient (Wildman–Crippen LogP) is 2.83. The van der Waals surface area contributed by atoms with Crippen LogP contribution in [0.3, 0.4) is 0 Å². The van der Waals surface area contributed by atoms with Gasteiger partial charge in [-0.1, -0.05) is 13.0 Å². The largest absolute Gasteiger partial charge is 0.378 e. The third kappa shape index (κ3) is 4.53. The molecule has 9 heteroatoms. The van der Waals surface area contributed by atoms with E-state index in [1.807, 2.05) is 33.0 Å². The first-order valence-corrected chi connectivity index (χ1v) is 11.8. The van der Waals surface area contributed by atoms with Gasteiger partial charge in [0.15, 0.2) is 5.84 Å². The fourth-order valence-electron chi connectivity index (χ4n) is 4.45. The SMILES string of the molecule is CCC(C)N(C=N)C(=N)c1cccc(N2Cc3c(CNC)cc(N4CCOCC4)cc3C2=O)n1. The van der Waals surface area contributed by atoms with Crippen LogP contribution in [0.5, 0.6) is 0 Å². The molecule has 3 N–H and O–H groups in total. The van der Waals surface area contributed by atoms with Gasteiger partial charge >= 0.3 is 0 Å². The molecule has 2 aliphatic rings. The lowest BCUT2D eigenvalue weighted by atomic mass is 10.0. The van der Waals surface area contributed by atoms with Crippen LogP contribution in [0.2, 0.25) is 0 Å². The first kappa shape index (κ1) is 23.8. The maximum atomic E-state index is 13.5. The Hall–Kier alpha value is -3.30. The summed E-state index contributed by atoms with van der Waals surface area (Å²) in [5.41, 5.74) is 4.31. The van der Waals surface area contributed by atoms with Crippen LogP contribution in [0.1, 0.15) is 47.4 Å². The Labute approximate surface area is 200 Å². The lowest BCUT2D eigenvalue weighted by Gasteiger charge is -2.29. The van der Waals surface area contributed by atoms with E-state index in [0.717, 1.165) is 36.3 Å². The van der Waals surface area contributed by atoms with Gasteiger partial charge in [0, 0.05) is 36.9 Å². The fraction of sp³-hybridized carbons (Fsp3) is 0.440. The van der Waals surface area contributed by atoms with Gasteiger partial charge in [0.2, 0.25) is 0 Å². The molecule has 1 unspecified atom stereocenters. The van der Waals surface area contributed by atoms with E-state index < -0.39 is 0 Å². The van der Waals surface area contributed by atoms with Gasteiger partial charge in [-0.2, -0.15) is 0 Å². The van der Waals surface area contributed by atoms with Crippen molar-refractivity contribution >= 4 is 29.6 Å². The zero-order valence-electron chi connectivity index (χ0n) is 20.1. The molecule has 1 fully saturated rings. The lowest BCUT2D eigenvalue weighted by molar-refractivity contribution is 0.0996. The summed E-state index contributed by atoms with van der Waals surface area (Å²) < 4.78 is 5.49. The highest BCUT2D eigenvalue weighted by atomic mass is 16.5. The van der Waals surface area contributed by atoms with Gasteiger partial charge in [0.05, 0.1) is 26.1 Å². The summed E-state index contributed by atoms with van der Waals surface area (Å²) in [6, 6.07) is 9.55. The van der Waals surface area contributed by atoms with Crippen LogP contribution < -0.4 is 15.1 Å². The van der Waals surface area contributed by atoms with Crippen LogP contribution in [0, 0.1) is 10.8 Å². The third-order valence-corrected chi connectivity index (χ3v) is 6.58. The molecule has 0 bridgehead atoms. The van der Waals surface area contributed by atoms with Crippen molar-refractivity contribution in [1.29, 1.82) is 10.8 Å². The van der Waals surface area contributed by atoms with Crippen molar-refractivity contribution in [2.45, 2.75) is 39.4 Å². The third-order valence-electron chi connectivity index (χ3n) is 6.58. The topological polar surface area (TPSA) is 109 Å². The molecule has 4 rings (SSSR count). The highest BCUT2D eigenvalue weighted by molar-refractivity contribution is 6.10. The number of benzene rings is 1. The second kappa shape index (κ2) is 10.3. The highest BCUT2D eigenvalue weighted by Gasteiger charge is 2.33. The Morgan fingerprint density at radius 1 is 1.32 bits per heavy atom. The summed E-state index contributed by atoms with van der Waals surface area (Å²) >= 11 is 0. The summed E-state index contributed by atoms with van der Waals surface area (Å²) in [5.74, 6) is 0.589. The number of anilines is 2. The number of carbonyl (C=O) groups is 1. The van der Waals surface area contributed by atoms with E-state index in [1.165, 1.54) is 6.34 Å². The monoisotopic (exact) mass is 463 g/mol. The van der Waals surface area contributed by atoms with Crippen molar-refractivity contribution in [1.82, 2.24) is 15.2 Å². The molecule has 1 atom stereocenters. The van der Waals surface area contributed by atoms with Crippen LogP contribution in [-0.2, 0) is 17.8 Å². The van der Waals surface area contributed by atoms with Gasteiger partial charge in [-0.15, -0.1) is 0 Å². The normalized spacial score (nSPS) is 16.4. The standard InChI is InChI=1S/C25H33N7O2/c1-4-17(2)32(16-26)24(27)22-6-5-7-23(29-22)31-15-21-18(14-28-3)12-19(13-20(21)25(31)33)30-8-10-34-11-9-30/h5-7,12-13,16-17,26-28H,4,8-11,14-15H2,1-3H3. The molecule has 0 aliphatic carbocycles. The maximum absolute atomic E-state index is 13.5. The maximum Gasteiger partial charge on any atom is 0.260 e. The molecule has 0 radical (unpaired) electrons. The zero-order valence-corrected chi connectivity index (χ0v) is 20.1. The van der Waals surface area contributed by atoms with Gasteiger partial charge in [-0.05, 0) is 55.8 Å². The molecule has 1 amide bonds. The van der Waals surface area contributed by atoms with Crippen LogP contribution in [0.25, 0.3) is 0 Å². The van der Waals surface area contributed by atoms with Gasteiger partial charge in [0.1, 0.15) is 11.5 Å². The smallest absolute Gasteiger partial charge is 0.260 e. The first-order chi connectivity index (χ1) is 16.5. The number of pyridine rings is 1. The molecule has 9 nitrogen and oxygen atoms in total. The van der Waals surface area contributed by atoms with E-state index in [4.69, 9.17) is 15.6 Å². The van der Waals surface area contributed by atoms with Gasteiger partial charge < -0.3 is 19.9 Å². The Morgan fingerprint density at radius 2 is 2.09 bits per heavy atom. The van der Waals surface area contributed by atoms with Crippen LogP contribution in [-0.4, -0.2) is 67.4 Å². The minimum Gasteiger partial charge on any atom is -0.378 e. The van der Waals surface area contributed by atoms with Crippen LogP contribution >= 0.6 is 0 Å². The number of fused-ring (bicyclic) bond motifs is 1. The molecule has 1 saturated heterocycles. The number of aromatic nitrogens is 1. The van der Waals surface area contributed by atoms with E-state index >= 15 is 0 Å². The summed E-state index contributed by atoms with van der Waals surface area (Å²) in [6.07, 6.45) is 1.97. The quantitative estimate of drug-likeness (QED) is 0.410. The van der Waals surface area contributed by atoms with Crippen molar-refractivity contribution in [3.05, 3.63) is 52.7 Å². The molecular formula is C25H33N7O2. The van der Waals surface area contributed by atoms with E-state index in [1.54, 1.807) is 21.9 Å². The number of nitrogens with one attached hydrogen (secondary N) is 3. The number of rotatable bonds is 8. The van der Waals surface area contributed by atoms with Gasteiger partial charge in [-0.3, -0.25) is 20.5 Å². The summed E-state index contributed by atoms with van der Waals surface area (Å²) in [4.78, 5) is 23.7. The zero-order chi connectivity index (χ0) is 24.2. The molecule has 3 heterocycles. The second-order valence-corrected chi connectivity index (χ2v) is 8.68. The summed E-state index contributed by atoms with van der Waals surface area (Å²) in [6.45, 7) is 8.09. The fourth-order valence-corrected chi connectivity index (χ4v) is 4.45. The van der Waals surface area contributed by atoms with Crippen LogP contribution in [0.15, 0.2) is 30.3 Å². The van der Waals surface area contributed by atoms with Crippen molar-refractivity contribution < 1.29 is 9.53 Å². The minimum atomic E-state index is -0.0792. The van der Waals surface area contributed by atoms with Crippen molar-refractivity contribution in [3.63, 3.8) is 0 Å². The number of nitrogens with zero attached hydrogens (tertiary/aromatic N) is 4. The van der Waals surface area contributed by atoms with Crippen molar-refractivity contribution in [2.24, 2.45) is 0 Å². The Morgan fingerprint density at radius 3 is 2.76 bits per heavy atom. The Balaban J connectivity index is 1.65. The van der Waals surface area contributed by atoms with Crippen molar-refractivity contribution in [2.75, 3.05) is 43.2 Å². The molecule has 34 heavy (non-hydrogen) atoms. The highest BCUT2D eigenvalue weighted by Crippen LogP contribution is 2.33. The summed E-state index contributed by atoms with van der Waals surface area (Å²) in [5, 5.41) is 19.5. The second-order valence-electron chi connectivity index (χ2n) is 8.68. The van der Waals surface area contributed by atoms with E-state index in [2.05, 4.69) is 21.3 Å². The molecule has 0 saturated carbocycles. The van der Waals surface area contributed by atoms with Crippen molar-refractivity contribution in [3.8, 4) is 0 Å². The van der Waals surface area contributed by atoms with E-state index in [9.17, 15) is 4.79 Å². The molecule has 1 aromatic carbocycles. The predicted molar refractivity (Wildman–Crippen MR) is 134 cm³/mol. The number of hydrogen-bond acceptors (Lipinski definition) is 7. The number of morpholine rings is 1. The van der Waals surface area contributed by atoms with Gasteiger partial charge in [0.25, 0.3) is 5.91 Å². The number of amidine groups is 1. The lowest BCUT2D eigenvalue weighted by Crippen LogP contribution is -2.37. The molecular weight excluding hydrogens is 430 g/mol. The number of carbonyl (C=O) groups excluding carboxylic acids is 1. The average Bonchev–Trinajstić information content (AvgIpc) is 3.21. The summed E-state index contributed by atoms with van der Waals surface area (Å²) in [7, 11) is 1.91. The average molecular weight is 464 g/mol. The van der Waals surface area contributed by atoms with Crippen LogP contribution in [0.4, 0.5) is 11.5 Å². The minimum absolute atomic E-state index is 0.0100. The Bertz CT molecular complexity index is 1080. The Kier molecular flexibility index (Phi) is 7.23. The number of amides is 1.